The van der Waals surface area contributed by atoms with Gasteiger partial charge in [0.05, 0.1) is 18.3 Å². The van der Waals surface area contributed by atoms with Crippen molar-refractivity contribution in [3.8, 4) is 5.88 Å². The molecule has 0 fully saturated rings. The van der Waals surface area contributed by atoms with Crippen molar-refractivity contribution >= 4 is 5.95 Å². The molecule has 0 spiro atoms. The molecular weight excluding hydrogens is 232 g/mol. The summed E-state index contributed by atoms with van der Waals surface area (Å²) in [6, 6.07) is 3.59. The largest absolute Gasteiger partial charge is 0.475 e. The molecule has 0 radical (unpaired) electrons. The van der Waals surface area contributed by atoms with E-state index in [9.17, 15) is 0 Å². The van der Waals surface area contributed by atoms with Crippen molar-refractivity contribution in [3.05, 3.63) is 29.8 Å². The number of anilines is 1. The Morgan fingerprint density at radius 3 is 2.94 bits per heavy atom. The van der Waals surface area contributed by atoms with Gasteiger partial charge in [-0.1, -0.05) is 5.16 Å². The summed E-state index contributed by atoms with van der Waals surface area (Å²) in [7, 11) is 0. The fraction of sp³-hybridized carbons (Fsp3) is 0.417. The number of aryl methyl sites for hydroxylation is 1. The summed E-state index contributed by atoms with van der Waals surface area (Å²) in [5.74, 6) is 1.80. The number of hydrogen-bond donors (Lipinski definition) is 1. The Bertz CT molecular complexity index is 510. The van der Waals surface area contributed by atoms with E-state index in [1.54, 1.807) is 12.3 Å². The van der Waals surface area contributed by atoms with Crippen molar-refractivity contribution in [2.24, 2.45) is 0 Å². The van der Waals surface area contributed by atoms with Crippen LogP contribution < -0.4 is 10.1 Å². The molecule has 0 atom stereocenters. The first-order chi connectivity index (χ1) is 8.63. The van der Waals surface area contributed by atoms with E-state index in [-0.39, 0.29) is 6.10 Å². The highest BCUT2D eigenvalue weighted by Crippen LogP contribution is 2.11. The zero-order chi connectivity index (χ0) is 13.0. The zero-order valence-corrected chi connectivity index (χ0v) is 10.7. The van der Waals surface area contributed by atoms with Gasteiger partial charge in [-0.3, -0.25) is 0 Å². The van der Waals surface area contributed by atoms with Crippen LogP contribution in [0.5, 0.6) is 5.88 Å². The second-order valence-electron chi connectivity index (χ2n) is 4.17. The fourth-order valence-corrected chi connectivity index (χ4v) is 1.40. The van der Waals surface area contributed by atoms with Crippen LogP contribution in [0.4, 0.5) is 5.95 Å². The van der Waals surface area contributed by atoms with Crippen molar-refractivity contribution < 1.29 is 9.26 Å². The van der Waals surface area contributed by atoms with Crippen LogP contribution in [0.1, 0.15) is 25.3 Å². The lowest BCUT2D eigenvalue weighted by Gasteiger charge is -2.09. The van der Waals surface area contributed by atoms with Gasteiger partial charge in [-0.15, -0.1) is 0 Å². The monoisotopic (exact) mass is 248 g/mol. The first kappa shape index (κ1) is 12.3. The highest BCUT2D eigenvalue weighted by atomic mass is 16.5. The quantitative estimate of drug-likeness (QED) is 0.874. The van der Waals surface area contributed by atoms with Crippen molar-refractivity contribution in [1.82, 2.24) is 15.1 Å². The van der Waals surface area contributed by atoms with Crippen LogP contribution in [0.3, 0.4) is 0 Å². The van der Waals surface area contributed by atoms with Gasteiger partial charge in [-0.05, 0) is 20.8 Å². The minimum Gasteiger partial charge on any atom is -0.475 e. The van der Waals surface area contributed by atoms with Crippen molar-refractivity contribution in [2.45, 2.75) is 33.4 Å². The van der Waals surface area contributed by atoms with Crippen molar-refractivity contribution in [3.63, 3.8) is 0 Å². The van der Waals surface area contributed by atoms with Gasteiger partial charge >= 0.3 is 0 Å². The Morgan fingerprint density at radius 1 is 1.44 bits per heavy atom. The second-order valence-corrected chi connectivity index (χ2v) is 4.17. The minimum absolute atomic E-state index is 0.0877. The topological polar surface area (TPSA) is 73.1 Å². The molecule has 0 aliphatic heterocycles. The van der Waals surface area contributed by atoms with Crippen LogP contribution in [0.2, 0.25) is 0 Å². The summed E-state index contributed by atoms with van der Waals surface area (Å²) >= 11 is 0. The molecule has 0 saturated heterocycles. The van der Waals surface area contributed by atoms with Crippen LogP contribution in [-0.2, 0) is 6.54 Å². The summed E-state index contributed by atoms with van der Waals surface area (Å²) in [6.07, 6.45) is 1.74. The highest BCUT2D eigenvalue weighted by Gasteiger charge is 2.04. The Hall–Kier alpha value is -2.11. The van der Waals surface area contributed by atoms with E-state index in [0.717, 1.165) is 11.5 Å². The molecule has 0 unspecified atom stereocenters. The van der Waals surface area contributed by atoms with Crippen LogP contribution >= 0.6 is 0 Å². The van der Waals surface area contributed by atoms with E-state index >= 15 is 0 Å². The molecule has 0 bridgehead atoms. The first-order valence-electron chi connectivity index (χ1n) is 5.79. The lowest BCUT2D eigenvalue weighted by atomic mass is 10.4. The van der Waals surface area contributed by atoms with Crippen molar-refractivity contribution in [2.75, 3.05) is 5.32 Å². The number of rotatable bonds is 5. The van der Waals surface area contributed by atoms with E-state index in [2.05, 4.69) is 20.4 Å². The second kappa shape index (κ2) is 5.48. The SMILES string of the molecule is Cc1cc(CNc2nccc(OC(C)C)n2)on1. The Labute approximate surface area is 105 Å². The molecule has 0 aromatic carbocycles. The number of aromatic nitrogens is 3. The van der Waals surface area contributed by atoms with Gasteiger partial charge in [0.25, 0.3) is 0 Å². The molecule has 2 rings (SSSR count). The molecule has 0 saturated carbocycles. The Kier molecular flexibility index (Phi) is 3.76. The van der Waals surface area contributed by atoms with Gasteiger partial charge in [0, 0.05) is 18.3 Å². The molecule has 0 aliphatic carbocycles. The maximum absolute atomic E-state index is 5.48. The predicted molar refractivity (Wildman–Crippen MR) is 66.4 cm³/mol. The average molecular weight is 248 g/mol. The molecule has 6 nitrogen and oxygen atoms in total. The zero-order valence-electron chi connectivity index (χ0n) is 10.7. The van der Waals surface area contributed by atoms with Gasteiger partial charge in [-0.25, -0.2) is 4.98 Å². The molecular formula is C12H16N4O2. The molecule has 2 aromatic rings. The lowest BCUT2D eigenvalue weighted by molar-refractivity contribution is 0.232. The van der Waals surface area contributed by atoms with Gasteiger partial charge in [0.2, 0.25) is 11.8 Å². The van der Waals surface area contributed by atoms with Gasteiger partial charge < -0.3 is 14.6 Å². The highest BCUT2D eigenvalue weighted by molar-refractivity contribution is 5.28. The Balaban J connectivity index is 1.96. The van der Waals surface area contributed by atoms with Gasteiger partial charge in [0.15, 0.2) is 5.76 Å². The maximum atomic E-state index is 5.48. The number of nitrogens with zero attached hydrogens (tertiary/aromatic N) is 3. The molecule has 96 valence electrons. The summed E-state index contributed by atoms with van der Waals surface area (Å²) in [5, 5.41) is 6.86. The van der Waals surface area contributed by atoms with Crippen LogP contribution in [0, 0.1) is 6.92 Å². The summed E-state index contributed by atoms with van der Waals surface area (Å²) in [4.78, 5) is 8.33. The normalized spacial score (nSPS) is 10.7. The maximum Gasteiger partial charge on any atom is 0.226 e. The minimum atomic E-state index is 0.0877. The average Bonchev–Trinajstić information content (AvgIpc) is 2.72. The third-order valence-electron chi connectivity index (χ3n) is 2.08. The molecule has 2 aromatic heterocycles. The standard InChI is InChI=1S/C12H16N4O2/c1-8(2)17-11-4-5-13-12(15-11)14-7-10-6-9(3)16-18-10/h4-6,8H,7H2,1-3H3,(H,13,14,15). The third-order valence-corrected chi connectivity index (χ3v) is 2.08. The smallest absolute Gasteiger partial charge is 0.226 e. The predicted octanol–water partition coefficient (Wildman–Crippen LogP) is 2.17. The van der Waals surface area contributed by atoms with Crippen LogP contribution in [0.25, 0.3) is 0 Å². The summed E-state index contributed by atoms with van der Waals surface area (Å²) in [6.45, 7) is 6.27. The van der Waals surface area contributed by atoms with E-state index in [0.29, 0.717) is 18.4 Å². The fourth-order valence-electron chi connectivity index (χ4n) is 1.40. The van der Waals surface area contributed by atoms with Crippen molar-refractivity contribution in [1.29, 1.82) is 0 Å². The number of hydrogen-bond acceptors (Lipinski definition) is 6. The van der Waals surface area contributed by atoms with E-state index in [1.165, 1.54) is 0 Å². The molecule has 1 N–H and O–H groups in total. The van der Waals surface area contributed by atoms with E-state index in [4.69, 9.17) is 9.26 Å². The molecule has 2 heterocycles. The van der Waals surface area contributed by atoms with E-state index < -0.39 is 0 Å². The Morgan fingerprint density at radius 2 is 2.28 bits per heavy atom. The summed E-state index contributed by atoms with van der Waals surface area (Å²) in [5.41, 5.74) is 0.851. The molecule has 18 heavy (non-hydrogen) atoms. The first-order valence-corrected chi connectivity index (χ1v) is 5.79. The van der Waals surface area contributed by atoms with Gasteiger partial charge in [0.1, 0.15) is 0 Å². The van der Waals surface area contributed by atoms with Gasteiger partial charge in [-0.2, -0.15) is 4.98 Å². The molecule has 6 heteroatoms. The van der Waals surface area contributed by atoms with Crippen LogP contribution in [-0.4, -0.2) is 21.2 Å². The van der Waals surface area contributed by atoms with Crippen LogP contribution in [0.15, 0.2) is 22.9 Å². The number of nitrogens with one attached hydrogen (secondary N) is 1. The summed E-state index contributed by atoms with van der Waals surface area (Å²) < 4.78 is 10.6. The lowest BCUT2D eigenvalue weighted by Crippen LogP contribution is -2.09. The third kappa shape index (κ3) is 3.44. The van der Waals surface area contributed by atoms with E-state index in [1.807, 2.05) is 26.8 Å². The molecule has 0 amide bonds. The number of ether oxygens (including phenoxy) is 1. The molecule has 0 aliphatic rings.